The van der Waals surface area contributed by atoms with Crippen LogP contribution in [0.1, 0.15) is 38.4 Å². The number of aromatic nitrogens is 3. The third-order valence-corrected chi connectivity index (χ3v) is 3.46. The molecule has 7 heteroatoms. The summed E-state index contributed by atoms with van der Waals surface area (Å²) < 4.78 is 17.6. The second kappa shape index (κ2) is 6.90. The van der Waals surface area contributed by atoms with Crippen molar-refractivity contribution in [2.24, 2.45) is 5.92 Å². The first-order valence-corrected chi connectivity index (χ1v) is 8.11. The molecule has 128 valence electrons. The molecule has 2 aromatic rings. The van der Waals surface area contributed by atoms with E-state index < -0.39 is 0 Å². The van der Waals surface area contributed by atoms with Crippen molar-refractivity contribution in [1.82, 2.24) is 14.8 Å². The Hall–Kier alpha value is -2.57. The van der Waals surface area contributed by atoms with E-state index in [4.69, 9.17) is 14.2 Å². The maximum absolute atomic E-state index is 12.4. The number of nitrogens with zero attached hydrogens (tertiary/aromatic N) is 3. The highest BCUT2D eigenvalue weighted by Gasteiger charge is 2.21. The van der Waals surface area contributed by atoms with E-state index >= 15 is 0 Å². The third kappa shape index (κ3) is 3.34. The smallest absolute Gasteiger partial charge is 0.336 e. The fourth-order valence-corrected chi connectivity index (χ4v) is 2.31. The number of hydrogen-bond acceptors (Lipinski definition) is 6. The Morgan fingerprint density at radius 2 is 2.12 bits per heavy atom. The van der Waals surface area contributed by atoms with Crippen molar-refractivity contribution in [3.05, 3.63) is 18.2 Å². The molecular formula is C17H21N3O4. The van der Waals surface area contributed by atoms with Crippen LogP contribution in [0.4, 0.5) is 0 Å². The molecule has 0 bridgehead atoms. The molecule has 0 fully saturated rings. The van der Waals surface area contributed by atoms with Crippen LogP contribution in [0, 0.1) is 5.92 Å². The molecule has 7 nitrogen and oxygen atoms in total. The van der Waals surface area contributed by atoms with Crippen molar-refractivity contribution in [2.45, 2.75) is 33.6 Å². The van der Waals surface area contributed by atoms with Crippen LogP contribution in [0.2, 0.25) is 0 Å². The van der Waals surface area contributed by atoms with E-state index in [-0.39, 0.29) is 18.7 Å². The Morgan fingerprint density at radius 1 is 1.33 bits per heavy atom. The first kappa shape index (κ1) is 16.3. The molecule has 0 amide bonds. The average Bonchev–Trinajstić information content (AvgIpc) is 3.19. The second-order valence-electron chi connectivity index (χ2n) is 6.05. The van der Waals surface area contributed by atoms with Gasteiger partial charge in [-0.25, -0.2) is 0 Å². The van der Waals surface area contributed by atoms with E-state index in [2.05, 4.69) is 10.1 Å². The highest BCUT2D eigenvalue weighted by atomic mass is 16.7. The van der Waals surface area contributed by atoms with Gasteiger partial charge in [0.25, 0.3) is 0 Å². The maximum Gasteiger partial charge on any atom is 0.336 e. The van der Waals surface area contributed by atoms with Gasteiger partial charge in [0.1, 0.15) is 0 Å². The summed E-state index contributed by atoms with van der Waals surface area (Å²) >= 11 is 0. The number of hydrogen-bond donors (Lipinski definition) is 0. The number of carbonyl (C=O) groups excluding carboxylic acids is 1. The largest absolute Gasteiger partial charge is 0.462 e. The van der Waals surface area contributed by atoms with Crippen LogP contribution in [0.3, 0.4) is 0 Å². The van der Waals surface area contributed by atoms with Gasteiger partial charge >= 0.3 is 6.01 Å². The number of benzene rings is 1. The zero-order chi connectivity index (χ0) is 17.1. The third-order valence-electron chi connectivity index (χ3n) is 3.46. The molecule has 24 heavy (non-hydrogen) atoms. The highest BCUT2D eigenvalue weighted by Crippen LogP contribution is 2.35. The van der Waals surface area contributed by atoms with Gasteiger partial charge in [-0.2, -0.15) is 9.67 Å². The molecule has 1 aromatic heterocycles. The Bertz CT molecular complexity index is 739. The minimum atomic E-state index is -0.114. The van der Waals surface area contributed by atoms with Gasteiger partial charge in [0, 0.05) is 12.0 Å². The lowest BCUT2D eigenvalue weighted by molar-refractivity contribution is 0.0885. The summed E-state index contributed by atoms with van der Waals surface area (Å²) in [5, 5.41) is 4.23. The zero-order valence-electron chi connectivity index (χ0n) is 14.1. The van der Waals surface area contributed by atoms with Crippen LogP contribution in [-0.4, -0.2) is 34.1 Å². The van der Waals surface area contributed by atoms with E-state index in [1.165, 1.54) is 4.68 Å². The highest BCUT2D eigenvalue weighted by molar-refractivity contribution is 5.82. The number of ether oxygens (including phenoxy) is 3. The maximum atomic E-state index is 12.4. The molecule has 0 radical (unpaired) electrons. The summed E-state index contributed by atoms with van der Waals surface area (Å²) in [7, 11) is 0. The van der Waals surface area contributed by atoms with Gasteiger partial charge in [-0.1, -0.05) is 20.8 Å². The topological polar surface area (TPSA) is 75.5 Å². The van der Waals surface area contributed by atoms with Crippen molar-refractivity contribution < 1.29 is 19.0 Å². The molecule has 2 heterocycles. The van der Waals surface area contributed by atoms with Gasteiger partial charge < -0.3 is 14.2 Å². The monoisotopic (exact) mass is 331 g/mol. The summed E-state index contributed by atoms with van der Waals surface area (Å²) in [5.41, 5.74) is 0.732. The van der Waals surface area contributed by atoms with E-state index in [1.807, 2.05) is 26.8 Å². The van der Waals surface area contributed by atoms with Crippen molar-refractivity contribution in [3.8, 4) is 28.9 Å². The van der Waals surface area contributed by atoms with Gasteiger partial charge in [-0.15, -0.1) is 5.10 Å². The summed E-state index contributed by atoms with van der Waals surface area (Å²) in [6, 6.07) is 5.64. The molecular weight excluding hydrogens is 310 g/mol. The minimum absolute atomic E-state index is 0.114. The summed E-state index contributed by atoms with van der Waals surface area (Å²) in [6.07, 6.45) is 1.13. The molecule has 1 aliphatic rings. The van der Waals surface area contributed by atoms with Crippen LogP contribution in [0.25, 0.3) is 11.4 Å². The zero-order valence-corrected chi connectivity index (χ0v) is 14.1. The number of carbonyl (C=O) groups is 1. The summed E-state index contributed by atoms with van der Waals surface area (Å²) in [4.78, 5) is 16.8. The van der Waals surface area contributed by atoms with E-state index in [0.29, 0.717) is 36.3 Å². The van der Waals surface area contributed by atoms with Crippen molar-refractivity contribution in [2.75, 3.05) is 13.4 Å². The van der Waals surface area contributed by atoms with Gasteiger partial charge in [0.15, 0.2) is 17.3 Å². The molecule has 0 aliphatic carbocycles. The van der Waals surface area contributed by atoms with Crippen LogP contribution >= 0.6 is 0 Å². The van der Waals surface area contributed by atoms with Crippen LogP contribution in [-0.2, 0) is 0 Å². The molecule has 0 saturated heterocycles. The molecule has 3 rings (SSSR count). The van der Waals surface area contributed by atoms with Crippen molar-refractivity contribution in [3.63, 3.8) is 0 Å². The lowest BCUT2D eigenvalue weighted by Gasteiger charge is -2.04. The number of fused-ring (bicyclic) bond motifs is 1. The van der Waals surface area contributed by atoms with Gasteiger partial charge in [-0.3, -0.25) is 4.79 Å². The van der Waals surface area contributed by atoms with Crippen molar-refractivity contribution in [1.29, 1.82) is 0 Å². The molecule has 0 saturated carbocycles. The molecule has 0 spiro atoms. The molecule has 1 aliphatic heterocycles. The molecule has 0 atom stereocenters. The van der Waals surface area contributed by atoms with Crippen LogP contribution in [0.5, 0.6) is 17.5 Å². The normalized spacial score (nSPS) is 12.7. The minimum Gasteiger partial charge on any atom is -0.462 e. The predicted octanol–water partition coefficient (Wildman–Crippen LogP) is 3.15. The fourth-order valence-electron chi connectivity index (χ4n) is 2.31. The first-order chi connectivity index (χ1) is 11.6. The standard InChI is InChI=1S/C17H21N3O4/c1-4-5-15(21)20-16(18-17(19-20)22-9-11(2)3)12-6-7-13-14(8-12)24-10-23-13/h6-8,11H,4-5,9-10H2,1-3H3. The average molecular weight is 331 g/mol. The molecule has 0 N–H and O–H groups in total. The van der Waals surface area contributed by atoms with Gasteiger partial charge in [0.2, 0.25) is 12.7 Å². The Kier molecular flexibility index (Phi) is 4.69. The molecule has 1 aromatic carbocycles. The van der Waals surface area contributed by atoms with E-state index in [9.17, 15) is 4.79 Å². The Morgan fingerprint density at radius 3 is 2.88 bits per heavy atom. The Balaban J connectivity index is 1.96. The molecule has 0 unspecified atom stereocenters. The lowest BCUT2D eigenvalue weighted by Crippen LogP contribution is -2.13. The quantitative estimate of drug-likeness (QED) is 0.809. The van der Waals surface area contributed by atoms with Gasteiger partial charge in [-0.05, 0) is 30.5 Å². The number of rotatable bonds is 6. The summed E-state index contributed by atoms with van der Waals surface area (Å²) in [5.74, 6) is 2.00. The fraction of sp³-hybridized carbons (Fsp3) is 0.471. The lowest BCUT2D eigenvalue weighted by atomic mass is 10.2. The first-order valence-electron chi connectivity index (χ1n) is 8.11. The van der Waals surface area contributed by atoms with Crippen LogP contribution < -0.4 is 14.2 Å². The van der Waals surface area contributed by atoms with Gasteiger partial charge in [0.05, 0.1) is 6.61 Å². The predicted molar refractivity (Wildman–Crippen MR) is 87.4 cm³/mol. The second-order valence-corrected chi connectivity index (χ2v) is 6.05. The SMILES string of the molecule is CCCC(=O)n1nc(OCC(C)C)nc1-c1ccc2c(c1)OCO2. The summed E-state index contributed by atoms with van der Waals surface area (Å²) in [6.45, 7) is 6.72. The van der Waals surface area contributed by atoms with Crippen LogP contribution in [0.15, 0.2) is 18.2 Å². The van der Waals surface area contributed by atoms with E-state index in [0.717, 1.165) is 12.0 Å². The van der Waals surface area contributed by atoms with E-state index in [1.54, 1.807) is 12.1 Å². The van der Waals surface area contributed by atoms with Crippen molar-refractivity contribution >= 4 is 5.91 Å². The Labute approximate surface area is 140 Å².